The van der Waals surface area contributed by atoms with Crippen LogP contribution in [0.15, 0.2) is 30.5 Å². The highest BCUT2D eigenvalue weighted by Crippen LogP contribution is 2.28. The number of rotatable bonds is 13. The fraction of sp³-hybridized carbons (Fsp3) is 0.567. The number of urea groups is 1. The van der Waals surface area contributed by atoms with Crippen LogP contribution in [0.3, 0.4) is 0 Å². The number of nitrogens with one attached hydrogen (secondary N) is 1. The molecule has 0 unspecified atom stereocenters. The van der Waals surface area contributed by atoms with Gasteiger partial charge >= 0.3 is 18.1 Å². The molecule has 3 amide bonds. The molecule has 0 bridgehead atoms. The van der Waals surface area contributed by atoms with Crippen LogP contribution in [0.1, 0.15) is 59.9 Å². The number of likely N-dealkylation sites (tertiary alicyclic amines) is 1. The van der Waals surface area contributed by atoms with Gasteiger partial charge in [0.05, 0.1) is 6.20 Å². The molecule has 1 aliphatic heterocycles. The van der Waals surface area contributed by atoms with Crippen LogP contribution >= 0.6 is 0 Å². The van der Waals surface area contributed by atoms with E-state index in [-0.39, 0.29) is 30.4 Å². The summed E-state index contributed by atoms with van der Waals surface area (Å²) in [6.07, 6.45) is 3.29. The van der Waals surface area contributed by atoms with E-state index in [1.54, 1.807) is 45.2 Å². The first-order chi connectivity index (χ1) is 20.1. The number of ether oxygens (including phenoxy) is 1. The lowest BCUT2D eigenvalue weighted by Gasteiger charge is -2.33. The number of benzene rings is 1. The van der Waals surface area contributed by atoms with Crippen molar-refractivity contribution >= 4 is 35.5 Å². The van der Waals surface area contributed by atoms with E-state index in [0.29, 0.717) is 56.7 Å². The number of nitrogens with zero attached hydrogens (tertiary/aromatic N) is 6. The molecule has 1 aromatic heterocycles. The summed E-state index contributed by atoms with van der Waals surface area (Å²) in [6.45, 7) is 15.3. The Kier molecular flexibility index (Phi) is 11.8. The number of aromatic nitrogens is 2. The van der Waals surface area contributed by atoms with E-state index < -0.39 is 12.0 Å². The molecule has 0 radical (unpaired) electrons. The molecule has 3 rings (SSSR count). The zero-order valence-corrected chi connectivity index (χ0v) is 25.7. The van der Waals surface area contributed by atoms with E-state index in [4.69, 9.17) is 9.72 Å². The fourth-order valence-electron chi connectivity index (χ4n) is 4.97. The van der Waals surface area contributed by atoms with E-state index in [0.717, 1.165) is 18.4 Å². The van der Waals surface area contributed by atoms with Crippen LogP contribution < -0.4 is 19.9 Å². The molecular formula is C30H45N7O5. The molecule has 2 heterocycles. The molecule has 2 aromatic rings. The van der Waals surface area contributed by atoms with Gasteiger partial charge in [-0.1, -0.05) is 12.1 Å². The minimum atomic E-state index is -1.07. The first-order valence-corrected chi connectivity index (χ1v) is 14.9. The number of hydrogen-bond donors (Lipinski definition) is 2. The number of aliphatic carboxylic acids is 1. The lowest BCUT2D eigenvalue weighted by Crippen LogP contribution is -2.47. The van der Waals surface area contributed by atoms with E-state index in [2.05, 4.69) is 10.3 Å². The average Bonchev–Trinajstić information content (AvgIpc) is 3.51. The van der Waals surface area contributed by atoms with Crippen molar-refractivity contribution < 1.29 is 24.2 Å². The molecule has 2 N–H and O–H groups in total. The van der Waals surface area contributed by atoms with Crippen molar-refractivity contribution in [3.05, 3.63) is 36.0 Å². The maximum absolute atomic E-state index is 13.5. The summed E-state index contributed by atoms with van der Waals surface area (Å²) in [7, 11) is 0. The largest absolute Gasteiger partial charge is 0.480 e. The lowest BCUT2D eigenvalue weighted by molar-refractivity contribution is -0.137. The molecule has 12 heteroatoms. The molecule has 1 saturated heterocycles. The van der Waals surface area contributed by atoms with Gasteiger partial charge in [-0.15, -0.1) is 0 Å². The van der Waals surface area contributed by atoms with Crippen LogP contribution in [0, 0.1) is 0 Å². The Hall–Kier alpha value is -4.09. The predicted octanol–water partition coefficient (Wildman–Crippen LogP) is 4.70. The third-order valence-corrected chi connectivity index (χ3v) is 7.39. The molecular weight excluding hydrogens is 538 g/mol. The van der Waals surface area contributed by atoms with Crippen molar-refractivity contribution in [2.24, 2.45) is 0 Å². The standard InChI is InChI=1S/C30H45N7O5/c1-7-34(8-2)28-31-20-25(37(10-4)29(40)36(9-3)21(5)6)26(33-28)32-24(27(38)39)19-22-13-15-23(16-14-22)42-30(41)35-17-11-12-18-35/h13-16,20-21,24H,7-12,17-19H2,1-6H3,(H,38,39)(H,31,32,33)/t24-/m0/s1. The Balaban J connectivity index is 1.88. The molecule has 0 spiro atoms. The van der Waals surface area contributed by atoms with Gasteiger partial charge in [-0.2, -0.15) is 4.98 Å². The number of hydrogen-bond acceptors (Lipinski definition) is 8. The monoisotopic (exact) mass is 583 g/mol. The first-order valence-electron chi connectivity index (χ1n) is 14.9. The maximum atomic E-state index is 13.5. The van der Waals surface area contributed by atoms with Crippen molar-refractivity contribution in [1.82, 2.24) is 19.8 Å². The zero-order valence-electron chi connectivity index (χ0n) is 25.7. The Morgan fingerprint density at radius 3 is 2.17 bits per heavy atom. The highest BCUT2D eigenvalue weighted by Gasteiger charge is 2.28. The van der Waals surface area contributed by atoms with Crippen molar-refractivity contribution in [3.63, 3.8) is 0 Å². The van der Waals surface area contributed by atoms with Crippen molar-refractivity contribution in [2.75, 3.05) is 54.4 Å². The topological polar surface area (TPSA) is 131 Å². The molecule has 0 aliphatic carbocycles. The fourth-order valence-corrected chi connectivity index (χ4v) is 4.97. The van der Waals surface area contributed by atoms with Gasteiger partial charge in [-0.3, -0.25) is 4.90 Å². The smallest absolute Gasteiger partial charge is 0.415 e. The molecule has 0 saturated carbocycles. The van der Waals surface area contributed by atoms with Crippen LogP contribution in [0.25, 0.3) is 0 Å². The maximum Gasteiger partial charge on any atom is 0.415 e. The highest BCUT2D eigenvalue weighted by molar-refractivity contribution is 5.95. The van der Waals surface area contributed by atoms with E-state index >= 15 is 0 Å². The molecule has 42 heavy (non-hydrogen) atoms. The van der Waals surface area contributed by atoms with E-state index in [9.17, 15) is 19.5 Å². The van der Waals surface area contributed by atoms with Gasteiger partial charge in [-0.25, -0.2) is 19.4 Å². The summed E-state index contributed by atoms with van der Waals surface area (Å²) in [4.78, 5) is 54.5. The second kappa shape index (κ2) is 15.2. The minimum absolute atomic E-state index is 0.0202. The highest BCUT2D eigenvalue weighted by atomic mass is 16.6. The number of anilines is 3. The predicted molar refractivity (Wildman–Crippen MR) is 164 cm³/mol. The Bertz CT molecular complexity index is 1200. The lowest BCUT2D eigenvalue weighted by atomic mass is 10.1. The Morgan fingerprint density at radius 1 is 1.00 bits per heavy atom. The van der Waals surface area contributed by atoms with Gasteiger partial charge in [-0.05, 0) is 72.1 Å². The molecule has 1 atom stereocenters. The van der Waals surface area contributed by atoms with Crippen molar-refractivity contribution in [1.29, 1.82) is 0 Å². The third kappa shape index (κ3) is 8.01. The van der Waals surface area contributed by atoms with E-state index in [1.165, 1.54) is 0 Å². The van der Waals surface area contributed by atoms with Gasteiger partial charge in [0.15, 0.2) is 5.82 Å². The van der Waals surface area contributed by atoms with Crippen LogP contribution in [-0.2, 0) is 11.2 Å². The van der Waals surface area contributed by atoms with Crippen molar-refractivity contribution in [2.45, 2.75) is 72.9 Å². The number of carboxylic acids is 1. The summed E-state index contributed by atoms with van der Waals surface area (Å²) in [5.74, 6) is 0.0464. The van der Waals surface area contributed by atoms with E-state index in [1.807, 2.05) is 46.4 Å². The molecule has 12 nitrogen and oxygen atoms in total. The summed E-state index contributed by atoms with van der Waals surface area (Å²) < 4.78 is 5.47. The van der Waals surface area contributed by atoms with Crippen LogP contribution in [0.4, 0.5) is 27.0 Å². The number of carbonyl (C=O) groups is 3. The normalized spacial score (nSPS) is 13.5. The van der Waals surface area contributed by atoms with Gasteiger partial charge in [0, 0.05) is 51.7 Å². The van der Waals surface area contributed by atoms with Crippen LogP contribution in [0.5, 0.6) is 5.75 Å². The summed E-state index contributed by atoms with van der Waals surface area (Å²) in [5.41, 5.74) is 1.14. The summed E-state index contributed by atoms with van der Waals surface area (Å²) in [6, 6.07) is 5.55. The summed E-state index contributed by atoms with van der Waals surface area (Å²) in [5, 5.41) is 13.3. The first kappa shape index (κ1) is 32.4. The Labute approximate surface area is 248 Å². The molecule has 1 aliphatic rings. The molecule has 230 valence electrons. The van der Waals surface area contributed by atoms with Gasteiger partial charge in [0.1, 0.15) is 17.5 Å². The molecule has 1 fully saturated rings. The Morgan fingerprint density at radius 2 is 1.64 bits per heavy atom. The number of amides is 3. The number of carbonyl (C=O) groups excluding carboxylic acids is 2. The summed E-state index contributed by atoms with van der Waals surface area (Å²) >= 11 is 0. The second-order valence-corrected chi connectivity index (χ2v) is 10.4. The van der Waals surface area contributed by atoms with Crippen LogP contribution in [0.2, 0.25) is 0 Å². The SMILES string of the molecule is CCN(CC)c1ncc(N(CC)C(=O)N(CC)C(C)C)c(N[C@@H](Cc2ccc(OC(=O)N3CCCC3)cc2)C(=O)O)n1. The van der Waals surface area contributed by atoms with Gasteiger partial charge < -0.3 is 29.9 Å². The zero-order chi connectivity index (χ0) is 30.8. The quantitative estimate of drug-likeness (QED) is 0.344. The minimum Gasteiger partial charge on any atom is -0.480 e. The van der Waals surface area contributed by atoms with Crippen molar-refractivity contribution in [3.8, 4) is 5.75 Å². The number of carboxylic acid groups (broad SMARTS) is 1. The third-order valence-electron chi connectivity index (χ3n) is 7.39. The molecule has 1 aromatic carbocycles. The average molecular weight is 584 g/mol. The van der Waals surface area contributed by atoms with Gasteiger partial charge in [0.2, 0.25) is 5.95 Å². The van der Waals surface area contributed by atoms with Gasteiger partial charge in [0.25, 0.3) is 0 Å². The second-order valence-electron chi connectivity index (χ2n) is 10.4. The van der Waals surface area contributed by atoms with Crippen LogP contribution in [-0.4, -0.2) is 94.3 Å².